The van der Waals surface area contributed by atoms with Crippen molar-refractivity contribution in [3.05, 3.63) is 83.0 Å². The van der Waals surface area contributed by atoms with Crippen molar-refractivity contribution in [3.8, 4) is 11.5 Å². The molecule has 1 aliphatic heterocycles. The van der Waals surface area contributed by atoms with Gasteiger partial charge in [0.2, 0.25) is 5.91 Å². The number of aliphatic hydroxyl groups excluding tert-OH is 1. The van der Waals surface area contributed by atoms with Gasteiger partial charge in [-0.3, -0.25) is 9.59 Å². The summed E-state index contributed by atoms with van der Waals surface area (Å²) >= 11 is 0. The lowest BCUT2D eigenvalue weighted by molar-refractivity contribution is -0.179. The second-order valence-electron chi connectivity index (χ2n) is 17.5. The van der Waals surface area contributed by atoms with Crippen molar-refractivity contribution in [2.45, 2.75) is 95.9 Å². The van der Waals surface area contributed by atoms with Gasteiger partial charge < -0.3 is 29.3 Å². The number of carbonyl (C=O) groups is 2. The first-order valence-electron chi connectivity index (χ1n) is 19.7. The number of methoxy groups -OCH3 is 2. The van der Waals surface area contributed by atoms with Crippen LogP contribution in [0.15, 0.2) is 60.2 Å². The molecule has 0 radical (unpaired) electrons. The Bertz CT molecular complexity index is 1910. The second kappa shape index (κ2) is 13.3. The predicted molar refractivity (Wildman–Crippen MR) is 198 cm³/mol. The van der Waals surface area contributed by atoms with Gasteiger partial charge in [-0.15, -0.1) is 0 Å². The SMILES string of the molecule is COc1ccc(CC(=O)N(C[C@H]2CCCO2)C[C@]2(O)CC[C@H]3[C@]45C=C[C@@]6(C=C4C(=O)c4ccc(F)c(F)c4)CC(O)CC[C@]6(C)[C@H]5CC[C@@]32C)cc1OC. The van der Waals surface area contributed by atoms with Crippen molar-refractivity contribution in [1.82, 2.24) is 4.90 Å². The first kappa shape index (κ1) is 37.3. The van der Waals surface area contributed by atoms with E-state index in [0.29, 0.717) is 62.3 Å². The molecule has 4 fully saturated rings. The molecule has 3 saturated carbocycles. The zero-order valence-electron chi connectivity index (χ0n) is 31.8. The molecule has 2 bridgehead atoms. The van der Waals surface area contributed by atoms with Gasteiger partial charge in [-0.25, -0.2) is 8.78 Å². The summed E-state index contributed by atoms with van der Waals surface area (Å²) in [5.41, 5.74) is -2.13. The smallest absolute Gasteiger partial charge is 0.227 e. The first-order chi connectivity index (χ1) is 25.7. The van der Waals surface area contributed by atoms with Gasteiger partial charge in [0.05, 0.1) is 45.0 Å². The van der Waals surface area contributed by atoms with E-state index in [9.17, 15) is 28.6 Å². The molecule has 10 heteroatoms. The molecule has 1 saturated heterocycles. The number of hydrogen-bond acceptors (Lipinski definition) is 7. The number of ketones is 1. The average Bonchev–Trinajstić information content (AvgIpc) is 3.77. The summed E-state index contributed by atoms with van der Waals surface area (Å²) in [7, 11) is 3.13. The van der Waals surface area contributed by atoms with Crippen LogP contribution in [0.2, 0.25) is 0 Å². The lowest BCUT2D eigenvalue weighted by atomic mass is 9.32. The number of Topliss-reactive ketones (excluding diaryl/α,β-unsaturated/α-hetero) is 1. The van der Waals surface area contributed by atoms with Crippen molar-refractivity contribution in [3.63, 3.8) is 0 Å². The maximum atomic E-state index is 14.7. The summed E-state index contributed by atoms with van der Waals surface area (Å²) in [6.45, 7) is 5.57. The standard InChI is InChI=1S/C44H53F2NO7/c1-40-14-11-29(48)23-42(40)17-18-44(31(24-42)39(50)28-8-9-32(45)33(46)22-28)36(40)12-15-41(2)37(44)13-16-43(41,51)26-47(25-30-6-5-19-54-30)38(49)21-27-7-10-34(52-3)35(20-27)53-4/h7-10,17-18,20,22,24,29-30,36-37,48,51H,5-6,11-16,19,21,23,25-26H2,1-4H3/t29?,30-,36-,37-,40-,41+,42+,43-,44-/m1/s1. The molecule has 2 aromatic rings. The molecule has 54 heavy (non-hydrogen) atoms. The average molecular weight is 746 g/mol. The highest BCUT2D eigenvalue weighted by Gasteiger charge is 2.74. The molecule has 2 aromatic carbocycles. The summed E-state index contributed by atoms with van der Waals surface area (Å²) in [5.74, 6) is -1.56. The Labute approximate surface area is 316 Å². The minimum atomic E-state index is -1.27. The summed E-state index contributed by atoms with van der Waals surface area (Å²) in [6, 6.07) is 8.80. The van der Waals surface area contributed by atoms with Crippen LogP contribution < -0.4 is 9.47 Å². The Hall–Kier alpha value is -3.60. The highest BCUT2D eigenvalue weighted by atomic mass is 19.2. The van der Waals surface area contributed by atoms with E-state index in [1.165, 1.54) is 6.07 Å². The van der Waals surface area contributed by atoms with Gasteiger partial charge in [0, 0.05) is 40.5 Å². The van der Waals surface area contributed by atoms with E-state index in [1.54, 1.807) is 25.2 Å². The molecule has 6 aliphatic carbocycles. The van der Waals surface area contributed by atoms with Gasteiger partial charge in [-0.1, -0.05) is 38.1 Å². The fraction of sp³-hybridized carbons (Fsp3) is 0.591. The number of hydrogen-bond donors (Lipinski definition) is 2. The van der Waals surface area contributed by atoms with Gasteiger partial charge in [-0.2, -0.15) is 0 Å². The van der Waals surface area contributed by atoms with Crippen LogP contribution in [0.5, 0.6) is 11.5 Å². The van der Waals surface area contributed by atoms with E-state index in [-0.39, 0.29) is 53.6 Å². The van der Waals surface area contributed by atoms with E-state index < -0.39 is 39.6 Å². The number of ether oxygens (including phenoxy) is 3. The van der Waals surface area contributed by atoms with Crippen LogP contribution in [0.1, 0.15) is 87.6 Å². The molecule has 2 N–H and O–H groups in total. The van der Waals surface area contributed by atoms with Crippen LogP contribution in [0, 0.1) is 45.1 Å². The Morgan fingerprint density at radius 3 is 2.37 bits per heavy atom. The van der Waals surface area contributed by atoms with Gasteiger partial charge in [-0.05, 0) is 111 Å². The Morgan fingerprint density at radius 1 is 0.907 bits per heavy atom. The van der Waals surface area contributed by atoms with E-state index in [2.05, 4.69) is 32.1 Å². The molecule has 1 unspecified atom stereocenters. The summed E-state index contributed by atoms with van der Waals surface area (Å²) in [4.78, 5) is 30.8. The van der Waals surface area contributed by atoms with Gasteiger partial charge in [0.1, 0.15) is 0 Å². The van der Waals surface area contributed by atoms with E-state index in [1.807, 2.05) is 12.1 Å². The van der Waals surface area contributed by atoms with Crippen LogP contribution in [0.25, 0.3) is 0 Å². The molecule has 2 spiro atoms. The molecular formula is C44H53F2NO7. The third-order valence-corrected chi connectivity index (χ3v) is 15.2. The second-order valence-corrected chi connectivity index (χ2v) is 17.5. The van der Waals surface area contributed by atoms with Gasteiger partial charge in [0.25, 0.3) is 0 Å². The van der Waals surface area contributed by atoms with Crippen LogP contribution in [-0.2, 0) is 16.0 Å². The van der Waals surface area contributed by atoms with Gasteiger partial charge >= 0.3 is 0 Å². The summed E-state index contributed by atoms with van der Waals surface area (Å²) in [6.07, 6.45) is 12.2. The molecule has 9 rings (SSSR count). The number of amides is 1. The minimum Gasteiger partial charge on any atom is -0.493 e. The number of allylic oxidation sites excluding steroid dienone is 4. The number of aliphatic hydroxyl groups is 2. The molecule has 290 valence electrons. The van der Waals surface area contributed by atoms with Crippen molar-refractivity contribution < 1.29 is 42.8 Å². The van der Waals surface area contributed by atoms with Crippen molar-refractivity contribution in [1.29, 1.82) is 0 Å². The maximum Gasteiger partial charge on any atom is 0.227 e. The zero-order chi connectivity index (χ0) is 38.3. The van der Waals surface area contributed by atoms with Crippen LogP contribution in [0.4, 0.5) is 8.78 Å². The molecule has 0 aromatic heterocycles. The number of rotatable bonds is 10. The van der Waals surface area contributed by atoms with Gasteiger partial charge in [0.15, 0.2) is 28.9 Å². The highest BCUT2D eigenvalue weighted by molar-refractivity contribution is 6.10. The number of fused-ring (bicyclic) bond motifs is 1. The monoisotopic (exact) mass is 745 g/mol. The Morgan fingerprint density at radius 2 is 1.65 bits per heavy atom. The van der Waals surface area contributed by atoms with Crippen LogP contribution >= 0.6 is 0 Å². The summed E-state index contributed by atoms with van der Waals surface area (Å²) in [5, 5.41) is 24.1. The third-order valence-electron chi connectivity index (χ3n) is 15.2. The third kappa shape index (κ3) is 5.44. The molecule has 1 heterocycles. The largest absolute Gasteiger partial charge is 0.493 e. The highest BCUT2D eigenvalue weighted by Crippen LogP contribution is 2.78. The van der Waals surface area contributed by atoms with Crippen molar-refractivity contribution >= 4 is 11.7 Å². The molecular weight excluding hydrogens is 692 g/mol. The maximum absolute atomic E-state index is 14.7. The first-order valence-corrected chi connectivity index (χ1v) is 19.7. The quantitative estimate of drug-likeness (QED) is 0.199. The van der Waals surface area contributed by atoms with E-state index in [4.69, 9.17) is 14.2 Å². The Balaban J connectivity index is 1.16. The number of halogens is 2. The van der Waals surface area contributed by atoms with Crippen LogP contribution in [-0.4, -0.2) is 78.5 Å². The zero-order valence-corrected chi connectivity index (χ0v) is 31.8. The predicted octanol–water partition coefficient (Wildman–Crippen LogP) is 7.01. The molecule has 8 nitrogen and oxygen atoms in total. The fourth-order valence-corrected chi connectivity index (χ4v) is 12.3. The topological polar surface area (TPSA) is 106 Å². The normalized spacial score (nSPS) is 37.6. The molecule has 9 atom stereocenters. The van der Waals surface area contributed by atoms with E-state index >= 15 is 0 Å². The lowest BCUT2D eigenvalue weighted by Gasteiger charge is -2.71. The van der Waals surface area contributed by atoms with Crippen molar-refractivity contribution in [2.75, 3.05) is 33.9 Å². The molecule has 1 amide bonds. The van der Waals surface area contributed by atoms with E-state index in [0.717, 1.165) is 43.4 Å². The summed E-state index contributed by atoms with van der Waals surface area (Å²) < 4.78 is 45.7. The number of carbonyl (C=O) groups excluding carboxylic acids is 2. The number of benzene rings is 2. The lowest BCUT2D eigenvalue weighted by Crippen LogP contribution is -2.67. The number of nitrogens with zero attached hydrogens (tertiary/aromatic N) is 1. The fourth-order valence-electron chi connectivity index (χ4n) is 12.3. The van der Waals surface area contributed by atoms with Crippen LogP contribution in [0.3, 0.4) is 0 Å². The van der Waals surface area contributed by atoms with Crippen molar-refractivity contribution in [2.24, 2.45) is 33.5 Å². The minimum absolute atomic E-state index is 0.0341. The Kier molecular flexibility index (Phi) is 9.17. The molecule has 7 aliphatic rings.